The highest BCUT2D eigenvalue weighted by atomic mass is 31.2. The lowest BCUT2D eigenvalue weighted by molar-refractivity contribution is -0.119. The second-order valence-corrected chi connectivity index (χ2v) is 18.0. The molecule has 312 valence electrons. The number of anilines is 1. The van der Waals surface area contributed by atoms with Crippen LogP contribution in [-0.4, -0.2) is 49.5 Å². The zero-order chi connectivity index (χ0) is 40.5. The molecule has 8 unspecified atom stereocenters. The van der Waals surface area contributed by atoms with Crippen LogP contribution >= 0.6 is 7.82 Å². The highest BCUT2D eigenvalue weighted by Crippen LogP contribution is 2.62. The van der Waals surface area contributed by atoms with Crippen molar-refractivity contribution in [2.45, 2.75) is 149 Å². The summed E-state index contributed by atoms with van der Waals surface area (Å²) in [5.74, 6) is 0.892. The van der Waals surface area contributed by atoms with E-state index in [-0.39, 0.29) is 53.6 Å². The van der Waals surface area contributed by atoms with Gasteiger partial charge in [0, 0.05) is 0 Å². The molecule has 2 aromatic rings. The molecule has 11 nitrogen and oxygen atoms in total. The van der Waals surface area contributed by atoms with Crippen molar-refractivity contribution < 1.29 is 42.3 Å². The van der Waals surface area contributed by atoms with E-state index in [1.807, 2.05) is 6.07 Å². The van der Waals surface area contributed by atoms with Crippen molar-refractivity contribution in [1.82, 2.24) is 0 Å². The van der Waals surface area contributed by atoms with E-state index in [2.05, 4.69) is 52.1 Å². The molecule has 2 saturated carbocycles. The summed E-state index contributed by atoms with van der Waals surface area (Å²) in [5.41, 5.74) is 7.99. The van der Waals surface area contributed by atoms with Gasteiger partial charge in [-0.05, 0) is 122 Å². The number of aryl methyl sites for hydroxylation is 1. The number of hydrogen-bond donors (Lipinski definition) is 3. The van der Waals surface area contributed by atoms with E-state index in [1.165, 1.54) is 30.4 Å². The fraction of sp³-hybridized carbons (Fsp3) is 0.682. The number of benzene rings is 2. The van der Waals surface area contributed by atoms with Gasteiger partial charge >= 0.3 is 7.82 Å². The molecule has 0 saturated heterocycles. The molecule has 4 N–H and O–H groups in total. The standard InChI is InChI=1S/C44H67N2O9P/c1-7-11-13-29(9-3)28-53-56(50,54-31(10-4)14-12-8-2)55-32-16-18-33-30(27-32)15-17-35-34(33)23-25-44(5)36(35)19-22-39(44)52-26-24-40(47)46-37-20-21-38(51-6)41(42(37)48)43(45)49/h16,18,20-21,27,29,31,34-36,39,48H,7-15,17,19,22-26,28H2,1-6H3,(H2,45,49)(H,46,47). The molecule has 0 heterocycles. The quantitative estimate of drug-likeness (QED) is 0.0779. The van der Waals surface area contributed by atoms with Crippen LogP contribution in [0, 0.1) is 23.2 Å². The average molecular weight is 799 g/mol. The van der Waals surface area contributed by atoms with Crippen molar-refractivity contribution >= 4 is 25.3 Å². The van der Waals surface area contributed by atoms with E-state index in [0.717, 1.165) is 89.9 Å². The van der Waals surface area contributed by atoms with Crippen molar-refractivity contribution in [2.24, 2.45) is 28.9 Å². The summed E-state index contributed by atoms with van der Waals surface area (Å²) in [4.78, 5) is 24.7. The maximum atomic E-state index is 14.3. The number of phenols is 1. The first kappa shape index (κ1) is 44.0. The zero-order valence-electron chi connectivity index (χ0n) is 34.6. The van der Waals surface area contributed by atoms with Crippen LogP contribution < -0.4 is 20.3 Å². The number of phosphoric ester groups is 1. The number of phosphoric acid groups is 1. The van der Waals surface area contributed by atoms with Crippen LogP contribution in [0.2, 0.25) is 0 Å². The first-order chi connectivity index (χ1) is 26.9. The number of ether oxygens (including phenoxy) is 2. The van der Waals surface area contributed by atoms with E-state index in [1.54, 1.807) is 0 Å². The van der Waals surface area contributed by atoms with Crippen molar-refractivity contribution in [3.05, 3.63) is 47.0 Å². The predicted molar refractivity (Wildman–Crippen MR) is 219 cm³/mol. The second kappa shape index (κ2) is 20.0. The van der Waals surface area contributed by atoms with Gasteiger partial charge in [-0.25, -0.2) is 4.57 Å². The SMILES string of the molecule is CCCCC(CC)COP(=O)(Oc1ccc2c(c1)CCC1C2CCC2(C)C(OCCC(=O)Nc3ccc(OC)c(C(N)=O)c3O)CCC12)OC(CC)CCCC. The smallest absolute Gasteiger partial charge is 0.505 e. The van der Waals surface area contributed by atoms with Crippen LogP contribution in [0.1, 0.15) is 152 Å². The number of rotatable bonds is 22. The maximum Gasteiger partial charge on any atom is 0.530 e. The summed E-state index contributed by atoms with van der Waals surface area (Å²) in [7, 11) is -2.49. The minimum absolute atomic E-state index is 0.0191. The first-order valence-corrected chi connectivity index (χ1v) is 22.7. The Morgan fingerprint density at radius 1 is 1.02 bits per heavy atom. The molecular formula is C44H67N2O9P. The molecule has 0 bridgehead atoms. The molecule has 0 radical (unpaired) electrons. The fourth-order valence-corrected chi connectivity index (χ4v) is 11.2. The number of aromatic hydroxyl groups is 1. The lowest BCUT2D eigenvalue weighted by atomic mass is 9.55. The second-order valence-electron chi connectivity index (χ2n) is 16.5. The van der Waals surface area contributed by atoms with Gasteiger partial charge in [0.2, 0.25) is 5.91 Å². The van der Waals surface area contributed by atoms with Gasteiger partial charge in [-0.1, -0.05) is 72.8 Å². The van der Waals surface area contributed by atoms with Crippen LogP contribution in [0.4, 0.5) is 5.69 Å². The number of methoxy groups -OCH3 is 1. The number of fused-ring (bicyclic) bond motifs is 5. The number of nitrogens with one attached hydrogen (secondary N) is 1. The van der Waals surface area contributed by atoms with Gasteiger partial charge in [-0.15, -0.1) is 0 Å². The molecule has 3 aliphatic rings. The van der Waals surface area contributed by atoms with Gasteiger partial charge in [0.1, 0.15) is 17.1 Å². The third kappa shape index (κ3) is 10.3. The van der Waals surface area contributed by atoms with Gasteiger partial charge in [0.05, 0.1) is 44.6 Å². The van der Waals surface area contributed by atoms with E-state index in [9.17, 15) is 19.3 Å². The monoisotopic (exact) mass is 798 g/mol. The van der Waals surface area contributed by atoms with Gasteiger partial charge in [-0.3, -0.25) is 18.6 Å². The topological polar surface area (TPSA) is 156 Å². The number of nitrogens with two attached hydrogens (primary N) is 1. The normalized spacial score (nSPS) is 24.9. The van der Waals surface area contributed by atoms with Crippen molar-refractivity contribution in [2.75, 3.05) is 25.6 Å². The molecule has 3 aliphatic carbocycles. The molecule has 2 fully saturated rings. The van der Waals surface area contributed by atoms with Gasteiger partial charge in [-0.2, -0.15) is 0 Å². The number of unbranched alkanes of at least 4 members (excludes halogenated alkanes) is 2. The largest absolute Gasteiger partial charge is 0.530 e. The Hall–Kier alpha value is -3.11. The number of primary amides is 1. The Morgan fingerprint density at radius 3 is 2.48 bits per heavy atom. The molecule has 2 amide bonds. The highest BCUT2D eigenvalue weighted by molar-refractivity contribution is 7.49. The molecular weight excluding hydrogens is 731 g/mol. The molecule has 12 heteroatoms. The molecule has 5 rings (SSSR count). The van der Waals surface area contributed by atoms with E-state index >= 15 is 0 Å². The third-order valence-electron chi connectivity index (χ3n) is 13.0. The zero-order valence-corrected chi connectivity index (χ0v) is 35.5. The van der Waals surface area contributed by atoms with Crippen LogP contribution in [0.5, 0.6) is 17.2 Å². The Bertz CT molecular complexity index is 1690. The van der Waals surface area contributed by atoms with E-state index in [0.29, 0.717) is 36.0 Å². The molecule has 0 spiro atoms. The summed E-state index contributed by atoms with van der Waals surface area (Å²) in [5, 5.41) is 13.2. The van der Waals surface area contributed by atoms with Crippen molar-refractivity contribution in [1.29, 1.82) is 0 Å². The Kier molecular flexibility index (Phi) is 15.7. The number of carbonyl (C=O) groups excluding carboxylic acids is 2. The Balaban J connectivity index is 1.20. The number of hydrogen-bond acceptors (Lipinski definition) is 9. The Labute approximate surface area is 334 Å². The summed E-state index contributed by atoms with van der Waals surface area (Å²) < 4.78 is 44.5. The maximum absolute atomic E-state index is 14.3. The van der Waals surface area contributed by atoms with Crippen molar-refractivity contribution in [3.8, 4) is 17.2 Å². The highest BCUT2D eigenvalue weighted by Gasteiger charge is 2.55. The summed E-state index contributed by atoms with van der Waals surface area (Å²) in [6.45, 7) is 11.5. The van der Waals surface area contributed by atoms with Crippen LogP contribution in [0.3, 0.4) is 0 Å². The fourth-order valence-electron chi connectivity index (χ4n) is 9.68. The van der Waals surface area contributed by atoms with Crippen LogP contribution in [0.15, 0.2) is 30.3 Å². The Morgan fingerprint density at radius 2 is 1.79 bits per heavy atom. The summed E-state index contributed by atoms with van der Waals surface area (Å²) >= 11 is 0. The molecule has 8 atom stereocenters. The number of amides is 2. The predicted octanol–water partition coefficient (Wildman–Crippen LogP) is 10.5. The summed E-state index contributed by atoms with van der Waals surface area (Å²) in [6.07, 6.45) is 13.9. The molecule has 0 aromatic heterocycles. The lowest BCUT2D eigenvalue weighted by Crippen LogP contribution is -2.44. The average Bonchev–Trinajstić information content (AvgIpc) is 3.52. The molecule has 2 aromatic carbocycles. The lowest BCUT2D eigenvalue weighted by Gasteiger charge is -2.50. The third-order valence-corrected chi connectivity index (χ3v) is 14.4. The summed E-state index contributed by atoms with van der Waals surface area (Å²) in [6, 6.07) is 9.19. The first-order valence-electron chi connectivity index (χ1n) is 21.3. The minimum atomic E-state index is -3.87. The van der Waals surface area contributed by atoms with Crippen LogP contribution in [-0.2, 0) is 29.6 Å². The molecule has 0 aliphatic heterocycles. The van der Waals surface area contributed by atoms with E-state index in [4.69, 9.17) is 28.8 Å². The van der Waals surface area contributed by atoms with Crippen LogP contribution in [0.25, 0.3) is 0 Å². The van der Waals surface area contributed by atoms with Gasteiger partial charge in [0.25, 0.3) is 5.91 Å². The minimum Gasteiger partial charge on any atom is -0.505 e. The van der Waals surface area contributed by atoms with Gasteiger partial charge in [0.15, 0.2) is 5.75 Å². The molecule has 56 heavy (non-hydrogen) atoms. The van der Waals surface area contributed by atoms with E-state index < -0.39 is 19.5 Å². The number of carbonyl (C=O) groups is 2. The van der Waals surface area contributed by atoms with Gasteiger partial charge < -0.3 is 30.2 Å². The van der Waals surface area contributed by atoms with Crippen molar-refractivity contribution in [3.63, 3.8) is 0 Å².